The maximum Gasteiger partial charge on any atom is 0.236 e. The molecular formula is C13H16ClNO3S. The van der Waals surface area contributed by atoms with Crippen LogP contribution in [0.25, 0.3) is 6.08 Å². The van der Waals surface area contributed by atoms with Crippen LogP contribution in [-0.4, -0.2) is 37.0 Å². The van der Waals surface area contributed by atoms with Crippen LogP contribution in [0, 0.1) is 0 Å². The molecule has 1 N–H and O–H groups in total. The highest BCUT2D eigenvalue weighted by molar-refractivity contribution is 7.92. The fraction of sp³-hybridized carbons (Fsp3) is 0.385. The third-order valence-electron chi connectivity index (χ3n) is 2.90. The number of sulfonamides is 1. The first-order chi connectivity index (χ1) is 9.03. The molecule has 0 aliphatic heterocycles. The van der Waals surface area contributed by atoms with E-state index in [2.05, 4.69) is 0 Å². The van der Waals surface area contributed by atoms with Crippen molar-refractivity contribution in [2.45, 2.75) is 18.9 Å². The zero-order chi connectivity index (χ0) is 13.9. The molecule has 0 saturated heterocycles. The third-order valence-corrected chi connectivity index (χ3v) is 4.77. The first-order valence-electron chi connectivity index (χ1n) is 6.09. The molecule has 1 aliphatic rings. The van der Waals surface area contributed by atoms with E-state index in [9.17, 15) is 8.42 Å². The molecule has 0 amide bonds. The molecule has 6 heteroatoms. The van der Waals surface area contributed by atoms with Gasteiger partial charge in [-0.25, -0.2) is 8.42 Å². The smallest absolute Gasteiger partial charge is 0.236 e. The third kappa shape index (κ3) is 4.04. The Morgan fingerprint density at radius 1 is 1.32 bits per heavy atom. The lowest BCUT2D eigenvalue weighted by Crippen LogP contribution is -2.34. The topological polar surface area (TPSA) is 57.6 Å². The average molecular weight is 302 g/mol. The van der Waals surface area contributed by atoms with Gasteiger partial charge in [-0.15, -0.1) is 0 Å². The standard InChI is InChI=1S/C13H16ClNO3S/c14-12-3-1-11(2-4-12)7-10-19(17,18)15(8-9-16)13-5-6-13/h1-4,7,10,13,16H,5-6,8-9H2/b10-7+. The van der Waals surface area contributed by atoms with Gasteiger partial charge in [0.1, 0.15) is 0 Å². The number of halogens is 1. The van der Waals surface area contributed by atoms with Crippen LogP contribution in [-0.2, 0) is 10.0 Å². The molecule has 2 rings (SSSR count). The maximum absolute atomic E-state index is 12.1. The molecule has 0 spiro atoms. The van der Waals surface area contributed by atoms with Crippen molar-refractivity contribution in [3.8, 4) is 0 Å². The van der Waals surface area contributed by atoms with Crippen molar-refractivity contribution in [3.05, 3.63) is 40.3 Å². The van der Waals surface area contributed by atoms with Crippen LogP contribution in [0.4, 0.5) is 0 Å². The van der Waals surface area contributed by atoms with Gasteiger partial charge in [0, 0.05) is 23.0 Å². The highest BCUT2D eigenvalue weighted by atomic mass is 35.5. The fourth-order valence-corrected chi connectivity index (χ4v) is 3.37. The summed E-state index contributed by atoms with van der Waals surface area (Å²) in [6.07, 6.45) is 3.28. The highest BCUT2D eigenvalue weighted by Gasteiger charge is 2.35. The lowest BCUT2D eigenvalue weighted by Gasteiger charge is -2.18. The molecular weight excluding hydrogens is 286 g/mol. The second kappa shape index (κ2) is 6.05. The molecule has 19 heavy (non-hydrogen) atoms. The molecule has 0 radical (unpaired) electrons. The largest absolute Gasteiger partial charge is 0.395 e. The lowest BCUT2D eigenvalue weighted by molar-refractivity contribution is 0.251. The van der Waals surface area contributed by atoms with E-state index in [0.29, 0.717) is 5.02 Å². The Labute approximate surface area is 118 Å². The summed E-state index contributed by atoms with van der Waals surface area (Å²) in [7, 11) is -3.47. The second-order valence-electron chi connectivity index (χ2n) is 4.46. The number of aliphatic hydroxyl groups is 1. The monoisotopic (exact) mass is 301 g/mol. The Balaban J connectivity index is 2.12. The maximum atomic E-state index is 12.1. The van der Waals surface area contributed by atoms with Gasteiger partial charge >= 0.3 is 0 Å². The lowest BCUT2D eigenvalue weighted by atomic mass is 10.2. The van der Waals surface area contributed by atoms with Crippen molar-refractivity contribution < 1.29 is 13.5 Å². The van der Waals surface area contributed by atoms with E-state index in [-0.39, 0.29) is 19.2 Å². The molecule has 0 heterocycles. The predicted molar refractivity (Wildman–Crippen MR) is 76.2 cm³/mol. The molecule has 1 saturated carbocycles. The summed E-state index contributed by atoms with van der Waals surface area (Å²) < 4.78 is 25.6. The van der Waals surface area contributed by atoms with Crippen LogP contribution in [0.2, 0.25) is 5.02 Å². The molecule has 0 unspecified atom stereocenters. The molecule has 4 nitrogen and oxygen atoms in total. The number of nitrogens with zero attached hydrogens (tertiary/aromatic N) is 1. The average Bonchev–Trinajstić information content (AvgIpc) is 3.19. The quantitative estimate of drug-likeness (QED) is 0.875. The molecule has 0 atom stereocenters. The Morgan fingerprint density at radius 3 is 2.47 bits per heavy atom. The Kier molecular flexibility index (Phi) is 4.62. The van der Waals surface area contributed by atoms with Crippen LogP contribution < -0.4 is 0 Å². The number of hydrogen-bond acceptors (Lipinski definition) is 3. The minimum atomic E-state index is -3.47. The summed E-state index contributed by atoms with van der Waals surface area (Å²) in [6.45, 7) is -0.0114. The van der Waals surface area contributed by atoms with E-state index in [1.54, 1.807) is 30.3 Å². The predicted octanol–water partition coefficient (Wildman–Crippen LogP) is 2.10. The molecule has 104 valence electrons. The van der Waals surface area contributed by atoms with Gasteiger partial charge in [0.25, 0.3) is 0 Å². The van der Waals surface area contributed by atoms with Crippen LogP contribution >= 0.6 is 11.6 Å². The van der Waals surface area contributed by atoms with E-state index in [1.165, 1.54) is 9.71 Å². The minimum absolute atomic E-state index is 0.0482. The van der Waals surface area contributed by atoms with Crippen LogP contribution in [0.15, 0.2) is 29.7 Å². The molecule has 1 fully saturated rings. The first-order valence-corrected chi connectivity index (χ1v) is 7.97. The summed E-state index contributed by atoms with van der Waals surface area (Å²) >= 11 is 5.76. The Bertz CT molecular complexity index is 550. The van der Waals surface area contributed by atoms with Gasteiger partial charge in [0.05, 0.1) is 6.61 Å². The summed E-state index contributed by atoms with van der Waals surface area (Å²) in [5.41, 5.74) is 0.771. The zero-order valence-electron chi connectivity index (χ0n) is 10.4. The van der Waals surface area contributed by atoms with Gasteiger partial charge < -0.3 is 5.11 Å². The number of benzene rings is 1. The second-order valence-corrected chi connectivity index (χ2v) is 6.67. The molecule has 0 aromatic heterocycles. The van der Waals surface area contributed by atoms with E-state index < -0.39 is 10.0 Å². The van der Waals surface area contributed by atoms with Crippen LogP contribution in [0.1, 0.15) is 18.4 Å². The van der Waals surface area contributed by atoms with Crippen molar-refractivity contribution in [1.29, 1.82) is 0 Å². The van der Waals surface area contributed by atoms with Gasteiger partial charge in [-0.05, 0) is 36.6 Å². The van der Waals surface area contributed by atoms with E-state index in [4.69, 9.17) is 16.7 Å². The van der Waals surface area contributed by atoms with Gasteiger partial charge in [0.15, 0.2) is 0 Å². The highest BCUT2D eigenvalue weighted by Crippen LogP contribution is 2.29. The SMILES string of the molecule is O=S(=O)(/C=C/c1ccc(Cl)cc1)N(CCO)C1CC1. The van der Waals surface area contributed by atoms with Gasteiger partial charge in [-0.1, -0.05) is 23.7 Å². The normalized spacial score (nSPS) is 16.4. The first kappa shape index (κ1) is 14.5. The summed E-state index contributed by atoms with van der Waals surface area (Å²) in [5.74, 6) is 0. The Morgan fingerprint density at radius 2 is 1.95 bits per heavy atom. The number of rotatable bonds is 6. The van der Waals surface area contributed by atoms with E-state index >= 15 is 0 Å². The van der Waals surface area contributed by atoms with Crippen molar-refractivity contribution in [2.75, 3.05) is 13.2 Å². The summed E-state index contributed by atoms with van der Waals surface area (Å²) in [6, 6.07) is 6.97. The fourth-order valence-electron chi connectivity index (χ4n) is 1.80. The van der Waals surface area contributed by atoms with Gasteiger partial charge in [-0.3, -0.25) is 0 Å². The van der Waals surface area contributed by atoms with Crippen molar-refractivity contribution >= 4 is 27.7 Å². The van der Waals surface area contributed by atoms with Crippen molar-refractivity contribution in [3.63, 3.8) is 0 Å². The molecule has 1 aliphatic carbocycles. The minimum Gasteiger partial charge on any atom is -0.395 e. The van der Waals surface area contributed by atoms with E-state index in [0.717, 1.165) is 18.4 Å². The number of aliphatic hydroxyl groups excluding tert-OH is 1. The zero-order valence-corrected chi connectivity index (χ0v) is 11.9. The van der Waals surface area contributed by atoms with Crippen molar-refractivity contribution in [2.24, 2.45) is 0 Å². The van der Waals surface area contributed by atoms with Crippen LogP contribution in [0.3, 0.4) is 0 Å². The Hall–Kier alpha value is -0.880. The van der Waals surface area contributed by atoms with Gasteiger partial charge in [0.2, 0.25) is 10.0 Å². The van der Waals surface area contributed by atoms with Gasteiger partial charge in [-0.2, -0.15) is 4.31 Å². The summed E-state index contributed by atoms with van der Waals surface area (Å²) in [4.78, 5) is 0. The van der Waals surface area contributed by atoms with E-state index in [1.807, 2.05) is 0 Å². The van der Waals surface area contributed by atoms with Crippen molar-refractivity contribution in [1.82, 2.24) is 4.31 Å². The van der Waals surface area contributed by atoms with Crippen LogP contribution in [0.5, 0.6) is 0 Å². The molecule has 0 bridgehead atoms. The molecule has 1 aromatic rings. The summed E-state index contributed by atoms with van der Waals surface area (Å²) in [5, 5.41) is 10.7. The number of hydrogen-bond donors (Lipinski definition) is 1. The molecule has 1 aromatic carbocycles.